The summed E-state index contributed by atoms with van der Waals surface area (Å²) < 4.78 is 11.2. The Kier molecular flexibility index (Phi) is 4.91. The quantitative estimate of drug-likeness (QED) is 0.190. The monoisotopic (exact) mass is 614 g/mol. The lowest BCUT2D eigenvalue weighted by Crippen LogP contribution is -2.15. The van der Waals surface area contributed by atoms with Gasteiger partial charge in [0.05, 0.1) is 27.8 Å². The van der Waals surface area contributed by atoms with E-state index >= 15 is 0 Å². The molecule has 0 radical (unpaired) electrons. The van der Waals surface area contributed by atoms with Gasteiger partial charge in [-0.25, -0.2) is 0 Å². The fourth-order valence-corrected chi connectivity index (χ4v) is 8.74. The molecule has 48 heavy (non-hydrogen) atoms. The molecule has 1 aliphatic carbocycles. The highest BCUT2D eigenvalue weighted by Crippen LogP contribution is 2.52. The number of para-hydroxylation sites is 5. The summed E-state index contributed by atoms with van der Waals surface area (Å²) in [5.41, 5.74) is 14.8. The number of ether oxygens (including phenoxy) is 1. The Hall–Kier alpha value is -6.06. The van der Waals surface area contributed by atoms with Crippen LogP contribution in [0, 0.1) is 0 Å². The summed E-state index contributed by atoms with van der Waals surface area (Å²) in [6, 6.07) is 53.1. The summed E-state index contributed by atoms with van der Waals surface area (Å²) in [7, 11) is 0. The van der Waals surface area contributed by atoms with Crippen molar-refractivity contribution < 1.29 is 4.74 Å². The van der Waals surface area contributed by atoms with E-state index in [1.807, 2.05) is 6.07 Å². The lowest BCUT2D eigenvalue weighted by atomic mass is 9.81. The maximum Gasteiger partial charge on any atom is 0.152 e. The fraction of sp³-hybridized carbons (Fsp3) is 0.0667. The molecule has 0 saturated heterocycles. The minimum absolute atomic E-state index is 0.166. The first kappa shape index (κ1) is 26.1. The maximum atomic E-state index is 6.41. The lowest BCUT2D eigenvalue weighted by Gasteiger charge is -2.23. The van der Waals surface area contributed by atoms with E-state index in [4.69, 9.17) is 4.74 Å². The third-order valence-corrected chi connectivity index (χ3v) is 10.9. The van der Waals surface area contributed by atoms with E-state index < -0.39 is 0 Å². The molecule has 11 rings (SSSR count). The predicted octanol–water partition coefficient (Wildman–Crippen LogP) is 12.0. The molecule has 0 bridgehead atoms. The molecule has 9 aromatic rings. The van der Waals surface area contributed by atoms with Gasteiger partial charge < -0.3 is 13.9 Å². The van der Waals surface area contributed by atoms with Gasteiger partial charge in [0.1, 0.15) is 0 Å². The molecule has 0 atom stereocenters. The second-order valence-corrected chi connectivity index (χ2v) is 13.7. The number of nitrogens with zero attached hydrogens (tertiary/aromatic N) is 2. The van der Waals surface area contributed by atoms with Crippen molar-refractivity contribution in [1.29, 1.82) is 0 Å². The zero-order valence-electron chi connectivity index (χ0n) is 26.7. The number of rotatable bonds is 2. The Morgan fingerprint density at radius 1 is 0.479 bits per heavy atom. The van der Waals surface area contributed by atoms with Gasteiger partial charge in [0.25, 0.3) is 0 Å². The van der Waals surface area contributed by atoms with Crippen LogP contribution in [0.3, 0.4) is 0 Å². The molecule has 0 spiro atoms. The third-order valence-electron chi connectivity index (χ3n) is 10.9. The molecule has 226 valence electrons. The SMILES string of the molecule is CC1(C)c2cc(-c3cccc4c3c3cccc5c3n4-c3ccccc3O5)ccc2-c2ccc(-n3c4ccccc4c4ccccc43)cc21. The normalized spacial score (nSPS) is 14.0. The van der Waals surface area contributed by atoms with E-state index in [1.54, 1.807) is 0 Å². The summed E-state index contributed by atoms with van der Waals surface area (Å²) in [5.74, 6) is 1.79. The standard InChI is InChI=1S/C45H30N2O/c1-45(2)35-25-27(29-13-9-18-40-43(29)34-14-10-20-42-44(34)47(40)39-17-7-8-19-41(39)48-42)21-23-30(35)31-24-22-28(26-36(31)45)46-37-15-5-3-11-32(37)33-12-4-6-16-38(33)46/h3-26H,1-2H3. The average molecular weight is 615 g/mol. The largest absolute Gasteiger partial charge is 0.453 e. The van der Waals surface area contributed by atoms with Gasteiger partial charge in [-0.05, 0) is 88.0 Å². The Morgan fingerprint density at radius 2 is 1.10 bits per heavy atom. The Labute approximate surface area is 277 Å². The molecule has 0 N–H and O–H groups in total. The van der Waals surface area contributed by atoms with Gasteiger partial charge >= 0.3 is 0 Å². The highest BCUT2D eigenvalue weighted by atomic mass is 16.5. The van der Waals surface area contributed by atoms with E-state index in [2.05, 4.69) is 163 Å². The molecule has 7 aromatic carbocycles. The molecular weight excluding hydrogens is 585 g/mol. The highest BCUT2D eigenvalue weighted by molar-refractivity contribution is 6.18. The van der Waals surface area contributed by atoms with E-state index in [0.717, 1.165) is 22.7 Å². The minimum Gasteiger partial charge on any atom is -0.453 e. The topological polar surface area (TPSA) is 19.1 Å². The maximum absolute atomic E-state index is 6.41. The summed E-state index contributed by atoms with van der Waals surface area (Å²) in [4.78, 5) is 0. The molecule has 3 heteroatoms. The van der Waals surface area contributed by atoms with Gasteiger partial charge in [0.2, 0.25) is 0 Å². The molecule has 1 aliphatic heterocycles. The van der Waals surface area contributed by atoms with Crippen LogP contribution in [0.25, 0.3) is 77.2 Å². The van der Waals surface area contributed by atoms with Crippen LogP contribution >= 0.6 is 0 Å². The number of benzene rings is 7. The van der Waals surface area contributed by atoms with E-state index in [1.165, 1.54) is 77.2 Å². The van der Waals surface area contributed by atoms with Crippen molar-refractivity contribution in [2.24, 2.45) is 0 Å². The van der Waals surface area contributed by atoms with Gasteiger partial charge in [0, 0.05) is 32.6 Å². The second-order valence-electron chi connectivity index (χ2n) is 13.7. The number of fused-ring (bicyclic) bond motifs is 11. The van der Waals surface area contributed by atoms with E-state index in [9.17, 15) is 0 Å². The van der Waals surface area contributed by atoms with Crippen molar-refractivity contribution in [1.82, 2.24) is 9.13 Å². The van der Waals surface area contributed by atoms with Gasteiger partial charge in [-0.3, -0.25) is 0 Å². The molecule has 2 aliphatic rings. The van der Waals surface area contributed by atoms with Crippen molar-refractivity contribution in [3.8, 4) is 45.1 Å². The molecular formula is C45H30N2O. The zero-order valence-corrected chi connectivity index (χ0v) is 26.7. The van der Waals surface area contributed by atoms with Gasteiger partial charge in [0.15, 0.2) is 11.5 Å². The second kappa shape index (κ2) is 9.05. The van der Waals surface area contributed by atoms with Crippen molar-refractivity contribution >= 4 is 43.6 Å². The zero-order chi connectivity index (χ0) is 31.7. The third kappa shape index (κ3) is 3.23. The van der Waals surface area contributed by atoms with E-state index in [-0.39, 0.29) is 5.41 Å². The van der Waals surface area contributed by atoms with Crippen LogP contribution in [0.2, 0.25) is 0 Å². The van der Waals surface area contributed by atoms with Crippen LogP contribution in [0.5, 0.6) is 11.5 Å². The number of aromatic nitrogens is 2. The van der Waals surface area contributed by atoms with Crippen LogP contribution in [-0.4, -0.2) is 9.13 Å². The van der Waals surface area contributed by atoms with E-state index in [0.29, 0.717) is 0 Å². The molecule has 0 amide bonds. The van der Waals surface area contributed by atoms with Crippen LogP contribution in [0.4, 0.5) is 0 Å². The number of hydrogen-bond acceptors (Lipinski definition) is 1. The number of hydrogen-bond donors (Lipinski definition) is 0. The summed E-state index contributed by atoms with van der Waals surface area (Å²) >= 11 is 0. The van der Waals surface area contributed by atoms with Gasteiger partial charge in [-0.15, -0.1) is 0 Å². The molecule has 3 heterocycles. The average Bonchev–Trinajstić information content (AvgIpc) is 3.73. The lowest BCUT2D eigenvalue weighted by molar-refractivity contribution is 0.476. The smallest absolute Gasteiger partial charge is 0.152 e. The first-order valence-electron chi connectivity index (χ1n) is 16.7. The molecule has 2 aromatic heterocycles. The molecule has 0 fully saturated rings. The van der Waals surface area contributed by atoms with Crippen molar-refractivity contribution in [3.63, 3.8) is 0 Å². The molecule has 0 saturated carbocycles. The van der Waals surface area contributed by atoms with Crippen LogP contribution in [-0.2, 0) is 5.41 Å². The van der Waals surface area contributed by atoms with Gasteiger partial charge in [-0.2, -0.15) is 0 Å². The van der Waals surface area contributed by atoms with Crippen molar-refractivity contribution in [2.75, 3.05) is 0 Å². The molecule has 0 unspecified atom stereocenters. The van der Waals surface area contributed by atoms with Gasteiger partial charge in [-0.1, -0.05) is 105 Å². The van der Waals surface area contributed by atoms with Crippen LogP contribution in [0.1, 0.15) is 25.0 Å². The molecule has 3 nitrogen and oxygen atoms in total. The summed E-state index contributed by atoms with van der Waals surface area (Å²) in [6.45, 7) is 4.76. The summed E-state index contributed by atoms with van der Waals surface area (Å²) in [6.07, 6.45) is 0. The Balaban J connectivity index is 1.10. The summed E-state index contributed by atoms with van der Waals surface area (Å²) in [5, 5.41) is 5.05. The Bertz CT molecular complexity index is 2790. The van der Waals surface area contributed by atoms with Crippen molar-refractivity contribution in [2.45, 2.75) is 19.3 Å². The van der Waals surface area contributed by atoms with Crippen LogP contribution in [0.15, 0.2) is 146 Å². The Morgan fingerprint density at radius 3 is 1.92 bits per heavy atom. The van der Waals surface area contributed by atoms with Crippen LogP contribution < -0.4 is 4.74 Å². The van der Waals surface area contributed by atoms with Crippen molar-refractivity contribution in [3.05, 3.63) is 157 Å². The predicted molar refractivity (Wildman–Crippen MR) is 198 cm³/mol. The first-order chi connectivity index (χ1) is 23.6. The highest BCUT2D eigenvalue weighted by Gasteiger charge is 2.36. The fourth-order valence-electron chi connectivity index (χ4n) is 8.74. The first-order valence-corrected chi connectivity index (χ1v) is 16.7. The minimum atomic E-state index is -0.166.